The van der Waals surface area contributed by atoms with Crippen LogP contribution in [0.15, 0.2) is 18.2 Å². The molecule has 0 radical (unpaired) electrons. The van der Waals surface area contributed by atoms with Crippen LogP contribution in [0.4, 0.5) is 4.39 Å². The van der Waals surface area contributed by atoms with Gasteiger partial charge in [-0.05, 0) is 39.2 Å². The van der Waals surface area contributed by atoms with E-state index in [1.165, 1.54) is 18.9 Å². The lowest BCUT2D eigenvalue weighted by Gasteiger charge is -2.17. The second-order valence-electron chi connectivity index (χ2n) is 5.98. The van der Waals surface area contributed by atoms with Crippen LogP contribution >= 0.6 is 0 Å². The summed E-state index contributed by atoms with van der Waals surface area (Å²) in [6.45, 7) is 4.68. The third-order valence-electron chi connectivity index (χ3n) is 3.48. The van der Waals surface area contributed by atoms with Crippen molar-refractivity contribution < 1.29 is 9.13 Å². The molecule has 0 aromatic heterocycles. The van der Waals surface area contributed by atoms with Crippen LogP contribution in [0.3, 0.4) is 0 Å². The van der Waals surface area contributed by atoms with Crippen LogP contribution in [0.5, 0.6) is 5.75 Å². The number of hydrogen-bond donors (Lipinski definition) is 1. The summed E-state index contributed by atoms with van der Waals surface area (Å²) in [7, 11) is 0. The molecule has 108 valence electrons. The third kappa shape index (κ3) is 4.21. The molecule has 0 bridgehead atoms. The van der Waals surface area contributed by atoms with E-state index in [4.69, 9.17) is 10.00 Å². The molecule has 3 nitrogen and oxygen atoms in total. The van der Waals surface area contributed by atoms with Crippen LogP contribution in [-0.2, 0) is 6.54 Å². The van der Waals surface area contributed by atoms with Gasteiger partial charge in [-0.2, -0.15) is 5.26 Å². The Morgan fingerprint density at radius 1 is 1.45 bits per heavy atom. The Kier molecular flexibility index (Phi) is 4.61. The summed E-state index contributed by atoms with van der Waals surface area (Å²) in [4.78, 5) is 0. The molecule has 0 aliphatic heterocycles. The fourth-order valence-electron chi connectivity index (χ4n) is 1.86. The van der Waals surface area contributed by atoms with Crippen molar-refractivity contribution in [2.45, 2.75) is 45.7 Å². The summed E-state index contributed by atoms with van der Waals surface area (Å²) in [6, 6.07) is 7.78. The lowest BCUT2D eigenvalue weighted by molar-refractivity contribution is 0.251. The Morgan fingerprint density at radius 2 is 2.20 bits per heavy atom. The van der Waals surface area contributed by atoms with E-state index < -0.39 is 5.41 Å². The summed E-state index contributed by atoms with van der Waals surface area (Å²) in [6.07, 6.45) is 2.97. The largest absolute Gasteiger partial charge is 0.490 e. The summed E-state index contributed by atoms with van der Waals surface area (Å²) in [5.74, 6) is -0.0238. The van der Waals surface area contributed by atoms with Crippen LogP contribution in [0.1, 0.15) is 38.7 Å². The third-order valence-corrected chi connectivity index (χ3v) is 3.48. The number of hydrogen-bond acceptors (Lipinski definition) is 3. The van der Waals surface area contributed by atoms with E-state index in [9.17, 15) is 4.39 Å². The second kappa shape index (κ2) is 6.23. The number of nitrogens with one attached hydrogen (secondary N) is 1. The number of benzene rings is 1. The summed E-state index contributed by atoms with van der Waals surface area (Å²) in [5.41, 5.74) is 0.393. The first-order valence-corrected chi connectivity index (χ1v) is 7.07. The molecule has 1 aliphatic carbocycles. The fourth-order valence-corrected chi connectivity index (χ4v) is 1.86. The van der Waals surface area contributed by atoms with Crippen molar-refractivity contribution in [3.63, 3.8) is 0 Å². The van der Waals surface area contributed by atoms with Crippen LogP contribution in [0.2, 0.25) is 0 Å². The van der Waals surface area contributed by atoms with E-state index in [1.807, 2.05) is 19.9 Å². The van der Waals surface area contributed by atoms with Crippen molar-refractivity contribution in [3.8, 4) is 11.8 Å². The Balaban J connectivity index is 1.96. The highest BCUT2D eigenvalue weighted by Crippen LogP contribution is 2.26. The van der Waals surface area contributed by atoms with Crippen LogP contribution in [-0.4, -0.2) is 12.6 Å². The maximum absolute atomic E-state index is 13.9. The van der Waals surface area contributed by atoms with E-state index >= 15 is 0 Å². The molecular weight excluding hydrogens is 255 g/mol. The molecule has 0 saturated heterocycles. The number of ether oxygens (including phenoxy) is 1. The van der Waals surface area contributed by atoms with Gasteiger partial charge in [-0.3, -0.25) is 0 Å². The Bertz CT molecular complexity index is 504. The molecule has 20 heavy (non-hydrogen) atoms. The number of para-hydroxylation sites is 1. The molecule has 0 spiro atoms. The van der Waals surface area contributed by atoms with E-state index in [0.29, 0.717) is 31.4 Å². The predicted octanol–water partition coefficient (Wildman–Crippen LogP) is 3.40. The average molecular weight is 276 g/mol. The van der Waals surface area contributed by atoms with E-state index in [2.05, 4.69) is 11.4 Å². The van der Waals surface area contributed by atoms with Crippen molar-refractivity contribution in [1.82, 2.24) is 5.32 Å². The first-order valence-electron chi connectivity index (χ1n) is 7.07. The monoisotopic (exact) mass is 276 g/mol. The highest BCUT2D eigenvalue weighted by atomic mass is 19.1. The second-order valence-corrected chi connectivity index (χ2v) is 5.98. The van der Waals surface area contributed by atoms with Gasteiger partial charge in [0.15, 0.2) is 11.6 Å². The van der Waals surface area contributed by atoms with Gasteiger partial charge in [0.1, 0.15) is 0 Å². The van der Waals surface area contributed by atoms with E-state index in [-0.39, 0.29) is 5.82 Å². The highest BCUT2D eigenvalue weighted by molar-refractivity contribution is 5.35. The van der Waals surface area contributed by atoms with Crippen molar-refractivity contribution in [2.24, 2.45) is 5.41 Å². The minimum Gasteiger partial charge on any atom is -0.490 e. The molecule has 1 aliphatic rings. The van der Waals surface area contributed by atoms with Crippen LogP contribution in [0.25, 0.3) is 0 Å². The van der Waals surface area contributed by atoms with Gasteiger partial charge in [-0.25, -0.2) is 4.39 Å². The topological polar surface area (TPSA) is 45.0 Å². The minimum atomic E-state index is -0.447. The van der Waals surface area contributed by atoms with Crippen molar-refractivity contribution in [2.75, 3.05) is 6.61 Å². The molecule has 1 fully saturated rings. The van der Waals surface area contributed by atoms with Crippen LogP contribution in [0, 0.1) is 22.6 Å². The smallest absolute Gasteiger partial charge is 0.165 e. The number of rotatable bonds is 7. The van der Waals surface area contributed by atoms with Crippen molar-refractivity contribution in [3.05, 3.63) is 29.6 Å². The highest BCUT2D eigenvalue weighted by Gasteiger charge is 2.22. The fraction of sp³-hybridized carbons (Fsp3) is 0.562. The molecule has 1 saturated carbocycles. The molecular formula is C16H21FN2O. The van der Waals surface area contributed by atoms with Gasteiger partial charge in [0.2, 0.25) is 0 Å². The summed E-state index contributed by atoms with van der Waals surface area (Å²) < 4.78 is 19.5. The minimum absolute atomic E-state index is 0.314. The molecule has 1 aromatic carbocycles. The number of nitrogens with zero attached hydrogens (tertiary/aromatic N) is 1. The first-order chi connectivity index (χ1) is 9.52. The SMILES string of the molecule is CC(C)(C#N)CCOc1c(F)cccc1CNC1CC1. The van der Waals surface area contributed by atoms with Gasteiger partial charge in [-0.15, -0.1) is 0 Å². The first kappa shape index (κ1) is 14.8. The lowest BCUT2D eigenvalue weighted by Crippen LogP contribution is -2.18. The summed E-state index contributed by atoms with van der Waals surface area (Å²) in [5, 5.41) is 12.3. The average Bonchev–Trinajstić information content (AvgIpc) is 3.23. The van der Waals surface area contributed by atoms with E-state index in [0.717, 1.165) is 5.56 Å². The zero-order chi connectivity index (χ0) is 14.6. The van der Waals surface area contributed by atoms with Gasteiger partial charge in [0, 0.05) is 18.2 Å². The number of halogens is 1. The number of nitriles is 1. The maximum atomic E-state index is 13.9. The molecule has 4 heteroatoms. The van der Waals surface area contributed by atoms with Crippen molar-refractivity contribution >= 4 is 0 Å². The summed E-state index contributed by atoms with van der Waals surface area (Å²) >= 11 is 0. The quantitative estimate of drug-likeness (QED) is 0.830. The van der Waals surface area contributed by atoms with Crippen LogP contribution < -0.4 is 10.1 Å². The molecule has 1 aromatic rings. The zero-order valence-electron chi connectivity index (χ0n) is 12.1. The lowest BCUT2D eigenvalue weighted by atomic mass is 9.92. The molecule has 0 heterocycles. The Morgan fingerprint density at radius 3 is 2.85 bits per heavy atom. The predicted molar refractivity (Wildman–Crippen MR) is 75.8 cm³/mol. The maximum Gasteiger partial charge on any atom is 0.165 e. The Hall–Kier alpha value is -1.60. The Labute approximate surface area is 119 Å². The van der Waals surface area contributed by atoms with Gasteiger partial charge >= 0.3 is 0 Å². The van der Waals surface area contributed by atoms with Gasteiger partial charge in [-0.1, -0.05) is 12.1 Å². The van der Waals surface area contributed by atoms with E-state index in [1.54, 1.807) is 6.07 Å². The van der Waals surface area contributed by atoms with Gasteiger partial charge in [0.25, 0.3) is 0 Å². The van der Waals surface area contributed by atoms with Gasteiger partial charge < -0.3 is 10.1 Å². The molecule has 2 rings (SSSR count). The standard InChI is InChI=1S/C16H21FN2O/c1-16(2,11-18)8-9-20-15-12(4-3-5-14(15)17)10-19-13-6-7-13/h3-5,13,19H,6-10H2,1-2H3. The molecule has 0 amide bonds. The van der Waals surface area contributed by atoms with Crippen molar-refractivity contribution in [1.29, 1.82) is 5.26 Å². The molecule has 0 atom stereocenters. The zero-order valence-corrected chi connectivity index (χ0v) is 12.1. The van der Waals surface area contributed by atoms with Gasteiger partial charge in [0.05, 0.1) is 18.1 Å². The molecule has 0 unspecified atom stereocenters. The normalized spacial score (nSPS) is 14.9. The molecule has 1 N–H and O–H groups in total.